The Kier molecular flexibility index (Phi) is 10.5. The molecule has 0 fully saturated rings. The molecule has 0 heterocycles. The summed E-state index contributed by atoms with van der Waals surface area (Å²) in [5.41, 5.74) is 1.43. The lowest BCUT2D eigenvalue weighted by Crippen LogP contribution is -2.34. The molecule has 0 aliphatic heterocycles. The van der Waals surface area contributed by atoms with Crippen molar-refractivity contribution in [3.63, 3.8) is 0 Å². The second-order valence-corrected chi connectivity index (χ2v) is 10.7. The summed E-state index contributed by atoms with van der Waals surface area (Å²) in [6.45, 7) is 3.14. The molecule has 0 radical (unpaired) electrons. The SMILES string of the molecule is CN(C)CCNC(=S)Nc1ccc(S(=O)(=O)c2ccc(NC(=S)NCCN(C)C)cc2)cc1. The van der Waals surface area contributed by atoms with Gasteiger partial charge in [-0.05, 0) is 101 Å². The fourth-order valence-corrected chi connectivity index (χ4v) is 4.41. The monoisotopic (exact) mass is 508 g/mol. The molecule has 33 heavy (non-hydrogen) atoms. The maximum Gasteiger partial charge on any atom is 0.206 e. The highest BCUT2D eigenvalue weighted by Crippen LogP contribution is 2.23. The summed E-state index contributed by atoms with van der Waals surface area (Å²) < 4.78 is 26.0. The van der Waals surface area contributed by atoms with Gasteiger partial charge in [-0.2, -0.15) is 0 Å². The Balaban J connectivity index is 1.96. The first-order chi connectivity index (χ1) is 15.6. The van der Waals surface area contributed by atoms with Crippen molar-refractivity contribution in [1.82, 2.24) is 20.4 Å². The smallest absolute Gasteiger partial charge is 0.206 e. The Morgan fingerprint density at radius 3 is 1.33 bits per heavy atom. The van der Waals surface area contributed by atoms with Crippen LogP contribution in [0.25, 0.3) is 0 Å². The zero-order valence-corrected chi connectivity index (χ0v) is 21.8. The van der Waals surface area contributed by atoms with Crippen molar-refractivity contribution in [3.8, 4) is 0 Å². The van der Waals surface area contributed by atoms with Gasteiger partial charge in [0, 0.05) is 37.6 Å². The quantitative estimate of drug-likeness (QED) is 0.358. The van der Waals surface area contributed by atoms with Crippen LogP contribution in [0.2, 0.25) is 0 Å². The predicted molar refractivity (Wildman–Crippen MR) is 144 cm³/mol. The minimum atomic E-state index is -3.64. The van der Waals surface area contributed by atoms with Gasteiger partial charge in [-0.3, -0.25) is 0 Å². The first-order valence-corrected chi connectivity index (χ1v) is 12.7. The van der Waals surface area contributed by atoms with E-state index in [1.165, 1.54) is 0 Å². The van der Waals surface area contributed by atoms with Crippen LogP contribution >= 0.6 is 24.4 Å². The minimum absolute atomic E-state index is 0.209. The Labute approximate surface area is 207 Å². The first-order valence-electron chi connectivity index (χ1n) is 10.4. The third-order valence-electron chi connectivity index (χ3n) is 4.53. The summed E-state index contributed by atoms with van der Waals surface area (Å²) in [4.78, 5) is 4.52. The molecular formula is C22H32N6O2S3. The molecule has 0 bridgehead atoms. The molecular weight excluding hydrogens is 476 g/mol. The molecule has 0 unspecified atom stereocenters. The van der Waals surface area contributed by atoms with Crippen molar-refractivity contribution in [2.24, 2.45) is 0 Å². The van der Waals surface area contributed by atoms with Gasteiger partial charge in [-0.25, -0.2) is 8.42 Å². The Bertz CT molecular complexity index is 946. The molecule has 180 valence electrons. The number of benzene rings is 2. The van der Waals surface area contributed by atoms with Crippen molar-refractivity contribution in [2.45, 2.75) is 9.79 Å². The third kappa shape index (κ3) is 9.22. The van der Waals surface area contributed by atoms with Crippen LogP contribution in [0.5, 0.6) is 0 Å². The van der Waals surface area contributed by atoms with Crippen LogP contribution in [0.1, 0.15) is 0 Å². The van der Waals surface area contributed by atoms with Crippen molar-refractivity contribution in [1.29, 1.82) is 0 Å². The van der Waals surface area contributed by atoms with E-state index in [0.717, 1.165) is 13.1 Å². The van der Waals surface area contributed by atoms with Crippen LogP contribution < -0.4 is 21.3 Å². The van der Waals surface area contributed by atoms with Crippen LogP contribution in [-0.2, 0) is 9.84 Å². The maximum atomic E-state index is 13.0. The van der Waals surface area contributed by atoms with E-state index in [1.807, 2.05) is 28.2 Å². The number of nitrogens with zero attached hydrogens (tertiary/aromatic N) is 2. The molecule has 0 saturated carbocycles. The normalized spacial score (nSPS) is 11.3. The lowest BCUT2D eigenvalue weighted by molar-refractivity contribution is 0.413. The number of thiocarbonyl (C=S) groups is 2. The lowest BCUT2D eigenvalue weighted by atomic mass is 10.3. The molecule has 0 aliphatic rings. The van der Waals surface area contributed by atoms with Gasteiger partial charge in [-0.15, -0.1) is 0 Å². The fraction of sp³-hybridized carbons (Fsp3) is 0.364. The van der Waals surface area contributed by atoms with Gasteiger partial charge in [-0.1, -0.05) is 0 Å². The summed E-state index contributed by atoms with van der Waals surface area (Å²) in [5, 5.41) is 13.3. The van der Waals surface area contributed by atoms with E-state index < -0.39 is 9.84 Å². The van der Waals surface area contributed by atoms with Crippen molar-refractivity contribution in [3.05, 3.63) is 48.5 Å². The molecule has 8 nitrogen and oxygen atoms in total. The summed E-state index contributed by atoms with van der Waals surface area (Å²) in [7, 11) is 4.31. The van der Waals surface area contributed by atoms with Crippen LogP contribution in [0, 0.1) is 0 Å². The van der Waals surface area contributed by atoms with E-state index in [1.54, 1.807) is 48.5 Å². The number of rotatable bonds is 10. The van der Waals surface area contributed by atoms with Crippen molar-refractivity contribution < 1.29 is 8.42 Å². The number of hydrogen-bond donors (Lipinski definition) is 4. The van der Waals surface area contributed by atoms with Crippen LogP contribution in [0.15, 0.2) is 58.3 Å². The minimum Gasteiger partial charge on any atom is -0.361 e. The summed E-state index contributed by atoms with van der Waals surface area (Å²) in [6, 6.07) is 13.0. The summed E-state index contributed by atoms with van der Waals surface area (Å²) in [6.07, 6.45) is 0. The number of nitrogens with one attached hydrogen (secondary N) is 4. The molecule has 2 rings (SSSR count). The second-order valence-electron chi connectivity index (χ2n) is 7.92. The van der Waals surface area contributed by atoms with E-state index in [-0.39, 0.29) is 9.79 Å². The van der Waals surface area contributed by atoms with Gasteiger partial charge < -0.3 is 31.1 Å². The van der Waals surface area contributed by atoms with Crippen molar-refractivity contribution in [2.75, 3.05) is 65.0 Å². The fourth-order valence-electron chi connectivity index (χ4n) is 2.71. The first kappa shape index (κ1) is 26.9. The molecule has 2 aromatic rings. The summed E-state index contributed by atoms with van der Waals surface area (Å²) >= 11 is 10.5. The topological polar surface area (TPSA) is 88.7 Å². The van der Waals surface area contributed by atoms with Crippen LogP contribution in [-0.4, -0.2) is 82.8 Å². The van der Waals surface area contributed by atoms with Crippen LogP contribution in [0.4, 0.5) is 11.4 Å². The number of hydrogen-bond acceptors (Lipinski definition) is 6. The van der Waals surface area contributed by atoms with Crippen LogP contribution in [0.3, 0.4) is 0 Å². The molecule has 0 amide bonds. The molecule has 0 spiro atoms. The zero-order valence-electron chi connectivity index (χ0n) is 19.4. The maximum absolute atomic E-state index is 13.0. The van der Waals surface area contributed by atoms with Gasteiger partial charge in [0.2, 0.25) is 9.84 Å². The van der Waals surface area contributed by atoms with Gasteiger partial charge in [0.1, 0.15) is 0 Å². The molecule has 0 saturated heterocycles. The summed E-state index contributed by atoms with van der Waals surface area (Å²) in [5.74, 6) is 0. The van der Waals surface area contributed by atoms with Gasteiger partial charge in [0.15, 0.2) is 10.2 Å². The lowest BCUT2D eigenvalue weighted by Gasteiger charge is -2.14. The molecule has 4 N–H and O–H groups in total. The molecule has 0 aromatic heterocycles. The number of anilines is 2. The standard InChI is InChI=1S/C22H32N6O2S3/c1-27(2)15-13-23-21(31)25-17-5-9-19(10-6-17)33(29,30)20-11-7-18(8-12-20)26-22(32)24-14-16-28(3)4/h5-12H,13-16H2,1-4H3,(H2,23,25,31)(H2,24,26,32). The van der Waals surface area contributed by atoms with E-state index in [2.05, 4.69) is 31.1 Å². The molecule has 0 atom stereocenters. The van der Waals surface area contributed by atoms with E-state index in [9.17, 15) is 8.42 Å². The van der Waals surface area contributed by atoms with E-state index in [0.29, 0.717) is 34.7 Å². The number of sulfone groups is 1. The Morgan fingerprint density at radius 1 is 0.697 bits per heavy atom. The highest BCUT2D eigenvalue weighted by atomic mass is 32.2. The molecule has 0 aliphatic carbocycles. The van der Waals surface area contributed by atoms with Gasteiger partial charge >= 0.3 is 0 Å². The Hall–Kier alpha value is -2.31. The average molecular weight is 509 g/mol. The third-order valence-corrected chi connectivity index (χ3v) is 6.81. The number of likely N-dealkylation sites (N-methyl/N-ethyl adjacent to an activating group) is 2. The largest absolute Gasteiger partial charge is 0.361 e. The molecule has 2 aromatic carbocycles. The van der Waals surface area contributed by atoms with Gasteiger partial charge in [0.05, 0.1) is 9.79 Å². The van der Waals surface area contributed by atoms with E-state index in [4.69, 9.17) is 24.4 Å². The molecule has 11 heteroatoms. The Morgan fingerprint density at radius 2 is 1.03 bits per heavy atom. The second kappa shape index (κ2) is 12.8. The van der Waals surface area contributed by atoms with Crippen molar-refractivity contribution >= 4 is 55.9 Å². The average Bonchev–Trinajstić information content (AvgIpc) is 2.74. The van der Waals surface area contributed by atoms with E-state index >= 15 is 0 Å². The highest BCUT2D eigenvalue weighted by molar-refractivity contribution is 7.91. The van der Waals surface area contributed by atoms with Gasteiger partial charge in [0.25, 0.3) is 0 Å². The zero-order chi connectivity index (χ0) is 24.4. The highest BCUT2D eigenvalue weighted by Gasteiger charge is 2.17. The predicted octanol–water partition coefficient (Wildman–Crippen LogP) is 2.22.